The van der Waals surface area contributed by atoms with Crippen molar-refractivity contribution >= 4 is 28.3 Å². The second-order valence-corrected chi connectivity index (χ2v) is 5.08. The van der Waals surface area contributed by atoms with Gasteiger partial charge in [0.15, 0.2) is 0 Å². The molecule has 0 aromatic heterocycles. The molecule has 92 valence electrons. The van der Waals surface area contributed by atoms with Gasteiger partial charge in [0.2, 0.25) is 0 Å². The Balaban J connectivity index is 0.00000144. The van der Waals surface area contributed by atoms with E-state index in [1.165, 1.54) is 6.42 Å². The number of benzene rings is 1. The van der Waals surface area contributed by atoms with Crippen LogP contribution in [0.2, 0.25) is 0 Å². The Morgan fingerprint density at radius 3 is 2.59 bits per heavy atom. The highest BCUT2D eigenvalue weighted by Gasteiger charge is 2.28. The molecule has 0 aliphatic heterocycles. The quantitative estimate of drug-likeness (QED) is 0.879. The van der Waals surface area contributed by atoms with E-state index in [4.69, 9.17) is 11.0 Å². The maximum atomic E-state index is 9.92. The molecule has 0 unspecified atom stereocenters. The summed E-state index contributed by atoms with van der Waals surface area (Å²) in [6.07, 6.45) is 3.42. The lowest BCUT2D eigenvalue weighted by Crippen LogP contribution is -2.27. The zero-order chi connectivity index (χ0) is 11.7. The summed E-state index contributed by atoms with van der Waals surface area (Å²) in [5.41, 5.74) is 7.30. The number of phenols is 1. The van der Waals surface area contributed by atoms with Crippen LogP contribution < -0.4 is 5.73 Å². The smallest absolute Gasteiger partial charge is 0.134 e. The van der Waals surface area contributed by atoms with Crippen LogP contribution in [-0.4, -0.2) is 5.11 Å². The molecule has 2 rings (SSSR count). The van der Waals surface area contributed by atoms with E-state index in [2.05, 4.69) is 22.0 Å². The molecule has 0 bridgehead atoms. The molecular weight excluding hydrogens is 304 g/mol. The van der Waals surface area contributed by atoms with Gasteiger partial charge in [-0.05, 0) is 46.8 Å². The molecule has 0 heterocycles. The molecule has 0 saturated heterocycles. The van der Waals surface area contributed by atoms with Gasteiger partial charge < -0.3 is 10.8 Å². The largest absolute Gasteiger partial charge is 0.506 e. The van der Waals surface area contributed by atoms with Gasteiger partial charge >= 0.3 is 0 Å². The fourth-order valence-corrected chi connectivity index (χ4v) is 2.47. The summed E-state index contributed by atoms with van der Waals surface area (Å²) in [4.78, 5) is 0. The van der Waals surface area contributed by atoms with Crippen LogP contribution in [0.1, 0.15) is 36.4 Å². The summed E-state index contributed by atoms with van der Waals surface area (Å²) in [5.74, 6) is 0.602. The summed E-state index contributed by atoms with van der Waals surface area (Å²) in [6, 6.07) is 5.19. The van der Waals surface area contributed by atoms with Gasteiger partial charge in [0.05, 0.1) is 16.1 Å². The van der Waals surface area contributed by atoms with E-state index in [1.807, 2.05) is 0 Å². The Morgan fingerprint density at radius 2 is 2.12 bits per heavy atom. The van der Waals surface area contributed by atoms with Gasteiger partial charge in [0, 0.05) is 11.6 Å². The van der Waals surface area contributed by atoms with Crippen LogP contribution in [-0.2, 0) is 0 Å². The molecule has 1 fully saturated rings. The first kappa shape index (κ1) is 14.3. The first-order chi connectivity index (χ1) is 7.63. The van der Waals surface area contributed by atoms with Crippen molar-refractivity contribution in [3.63, 3.8) is 0 Å². The zero-order valence-corrected chi connectivity index (χ0v) is 11.6. The Bertz CT molecular complexity index is 455. The minimum Gasteiger partial charge on any atom is -0.506 e. The molecule has 3 nitrogen and oxygen atoms in total. The predicted molar refractivity (Wildman–Crippen MR) is 72.0 cm³/mol. The highest BCUT2D eigenvalue weighted by Crippen LogP contribution is 2.41. The van der Waals surface area contributed by atoms with E-state index in [9.17, 15) is 5.11 Å². The summed E-state index contributed by atoms with van der Waals surface area (Å²) in [7, 11) is 0. The average Bonchev–Trinajstić information content (AvgIpc) is 2.19. The number of nitrogens with two attached hydrogens (primary N) is 1. The molecule has 3 N–H and O–H groups in total. The van der Waals surface area contributed by atoms with E-state index in [0.717, 1.165) is 12.8 Å². The number of aromatic hydroxyl groups is 1. The van der Waals surface area contributed by atoms with E-state index in [1.54, 1.807) is 12.1 Å². The second kappa shape index (κ2) is 5.72. The standard InChI is InChI=1S/C12H13BrN2O.ClH/c13-10-5-7(6-14)4-9(12(10)16)11(15)8-2-1-3-8;/h4-5,8,11,16H,1-3,15H2;1H/t11-;/m1./s1. The number of nitrogens with zero attached hydrogens (tertiary/aromatic N) is 1. The van der Waals surface area contributed by atoms with Gasteiger partial charge in [-0.15, -0.1) is 12.4 Å². The second-order valence-electron chi connectivity index (χ2n) is 4.22. The zero-order valence-electron chi connectivity index (χ0n) is 9.19. The highest BCUT2D eigenvalue weighted by molar-refractivity contribution is 9.10. The highest BCUT2D eigenvalue weighted by atomic mass is 79.9. The van der Waals surface area contributed by atoms with Crippen molar-refractivity contribution in [1.82, 2.24) is 0 Å². The van der Waals surface area contributed by atoms with Crippen LogP contribution in [0.5, 0.6) is 5.75 Å². The Kier molecular flexibility index (Phi) is 4.81. The molecule has 1 aliphatic carbocycles. The Hall–Kier alpha value is -0.760. The van der Waals surface area contributed by atoms with Crippen molar-refractivity contribution in [1.29, 1.82) is 5.26 Å². The predicted octanol–water partition coefficient (Wildman–Crippen LogP) is 3.25. The summed E-state index contributed by atoms with van der Waals surface area (Å²) >= 11 is 3.24. The SMILES string of the molecule is Cl.N#Cc1cc(Br)c(O)c([C@H](N)C2CCC2)c1. The maximum absolute atomic E-state index is 9.92. The molecule has 17 heavy (non-hydrogen) atoms. The van der Waals surface area contributed by atoms with Crippen LogP contribution >= 0.6 is 28.3 Å². The van der Waals surface area contributed by atoms with Gasteiger partial charge in [-0.1, -0.05) is 6.42 Å². The fraction of sp³-hybridized carbons (Fsp3) is 0.417. The van der Waals surface area contributed by atoms with Gasteiger partial charge in [0.25, 0.3) is 0 Å². The monoisotopic (exact) mass is 316 g/mol. The molecular formula is C12H14BrClN2O. The van der Waals surface area contributed by atoms with Crippen LogP contribution in [0.3, 0.4) is 0 Å². The Labute approximate surface area is 115 Å². The van der Waals surface area contributed by atoms with Crippen molar-refractivity contribution in [3.8, 4) is 11.8 Å². The molecule has 0 radical (unpaired) electrons. The molecule has 1 saturated carbocycles. The van der Waals surface area contributed by atoms with Crippen LogP contribution in [0.4, 0.5) is 0 Å². The third-order valence-electron chi connectivity index (χ3n) is 3.24. The molecule has 1 aliphatic rings. The van der Waals surface area contributed by atoms with Crippen LogP contribution in [0.15, 0.2) is 16.6 Å². The summed E-state index contributed by atoms with van der Waals surface area (Å²) in [6.45, 7) is 0. The van der Waals surface area contributed by atoms with E-state index < -0.39 is 0 Å². The average molecular weight is 318 g/mol. The van der Waals surface area contributed by atoms with Crippen LogP contribution in [0.25, 0.3) is 0 Å². The topological polar surface area (TPSA) is 70.0 Å². The third-order valence-corrected chi connectivity index (χ3v) is 3.84. The van der Waals surface area contributed by atoms with Gasteiger partial charge in [-0.3, -0.25) is 0 Å². The molecule has 0 amide bonds. The number of rotatable bonds is 2. The first-order valence-corrected chi connectivity index (χ1v) is 6.11. The third kappa shape index (κ3) is 2.74. The molecule has 1 atom stereocenters. The number of halogens is 2. The molecule has 5 heteroatoms. The Morgan fingerprint density at radius 1 is 1.47 bits per heavy atom. The van der Waals surface area contributed by atoms with Crippen molar-refractivity contribution in [3.05, 3.63) is 27.7 Å². The summed E-state index contributed by atoms with van der Waals surface area (Å²) in [5, 5.41) is 18.8. The number of hydrogen-bond donors (Lipinski definition) is 2. The van der Waals surface area contributed by atoms with Gasteiger partial charge in [-0.2, -0.15) is 5.26 Å². The molecule has 1 aromatic carbocycles. The molecule has 0 spiro atoms. The maximum Gasteiger partial charge on any atom is 0.134 e. The minimum atomic E-state index is -0.168. The van der Waals surface area contributed by atoms with Crippen LogP contribution in [0, 0.1) is 17.2 Å². The number of phenolic OH excluding ortho intramolecular Hbond substituents is 1. The molecule has 1 aromatic rings. The van der Waals surface area contributed by atoms with Crippen molar-refractivity contribution in [2.45, 2.75) is 25.3 Å². The van der Waals surface area contributed by atoms with Gasteiger partial charge in [-0.25, -0.2) is 0 Å². The minimum absolute atomic E-state index is 0. The first-order valence-electron chi connectivity index (χ1n) is 5.31. The van der Waals surface area contributed by atoms with Crippen molar-refractivity contribution in [2.24, 2.45) is 11.7 Å². The van der Waals surface area contributed by atoms with E-state index >= 15 is 0 Å². The summed E-state index contributed by atoms with van der Waals surface area (Å²) < 4.78 is 0.538. The number of hydrogen-bond acceptors (Lipinski definition) is 3. The number of nitriles is 1. The fourth-order valence-electron chi connectivity index (χ4n) is 1.99. The van der Waals surface area contributed by atoms with E-state index in [-0.39, 0.29) is 24.2 Å². The van der Waals surface area contributed by atoms with Gasteiger partial charge in [0.1, 0.15) is 5.75 Å². The van der Waals surface area contributed by atoms with Crippen molar-refractivity contribution in [2.75, 3.05) is 0 Å². The lowest BCUT2D eigenvalue weighted by Gasteiger charge is -2.32. The normalized spacial score (nSPS) is 16.5. The lowest BCUT2D eigenvalue weighted by atomic mass is 9.77. The lowest BCUT2D eigenvalue weighted by molar-refractivity contribution is 0.260. The van der Waals surface area contributed by atoms with E-state index in [0.29, 0.717) is 21.5 Å². The van der Waals surface area contributed by atoms with Crippen molar-refractivity contribution < 1.29 is 5.11 Å².